The van der Waals surface area contributed by atoms with Gasteiger partial charge in [0.15, 0.2) is 0 Å². The van der Waals surface area contributed by atoms with E-state index in [9.17, 15) is 4.79 Å². The van der Waals surface area contributed by atoms with Crippen molar-refractivity contribution in [2.24, 2.45) is 0 Å². The maximum absolute atomic E-state index is 11.0. The minimum atomic E-state index is -0.926. The lowest BCUT2D eigenvalue weighted by Crippen LogP contribution is -2.20. The minimum absolute atomic E-state index is 0.287. The van der Waals surface area contributed by atoms with Gasteiger partial charge >= 0.3 is 5.97 Å². The number of rotatable bonds is 4. The standard InChI is InChI=1S/C11H14ClNO2/c1-3-6-13(2)10-7-8(12)4-5-9(10)11(14)15/h4-5,7H,3,6H2,1-2H3,(H,14,15). The van der Waals surface area contributed by atoms with Gasteiger partial charge in [-0.25, -0.2) is 4.79 Å². The van der Waals surface area contributed by atoms with Crippen LogP contribution in [-0.4, -0.2) is 24.7 Å². The third kappa shape index (κ3) is 2.86. The molecule has 82 valence electrons. The average Bonchev–Trinajstić information content (AvgIpc) is 2.17. The molecule has 0 radical (unpaired) electrons. The summed E-state index contributed by atoms with van der Waals surface area (Å²) < 4.78 is 0. The van der Waals surface area contributed by atoms with E-state index in [0.717, 1.165) is 13.0 Å². The Labute approximate surface area is 94.3 Å². The molecule has 0 fully saturated rings. The van der Waals surface area contributed by atoms with Crippen LogP contribution in [0.2, 0.25) is 5.02 Å². The summed E-state index contributed by atoms with van der Waals surface area (Å²) in [4.78, 5) is 12.9. The van der Waals surface area contributed by atoms with Gasteiger partial charge in [0, 0.05) is 18.6 Å². The summed E-state index contributed by atoms with van der Waals surface area (Å²) >= 11 is 5.85. The van der Waals surface area contributed by atoms with Crippen molar-refractivity contribution in [3.63, 3.8) is 0 Å². The molecule has 1 aromatic carbocycles. The lowest BCUT2D eigenvalue weighted by atomic mass is 10.1. The molecule has 0 aromatic heterocycles. The molecule has 0 saturated carbocycles. The molecule has 1 aromatic rings. The van der Waals surface area contributed by atoms with E-state index in [1.807, 2.05) is 18.9 Å². The van der Waals surface area contributed by atoms with Crippen LogP contribution in [0, 0.1) is 0 Å². The van der Waals surface area contributed by atoms with Gasteiger partial charge in [-0.05, 0) is 24.6 Å². The van der Waals surface area contributed by atoms with Crippen LogP contribution < -0.4 is 4.90 Å². The summed E-state index contributed by atoms with van der Waals surface area (Å²) in [6.07, 6.45) is 0.960. The van der Waals surface area contributed by atoms with Crippen molar-refractivity contribution in [2.75, 3.05) is 18.5 Å². The molecule has 0 aliphatic carbocycles. The number of hydrogen-bond acceptors (Lipinski definition) is 2. The molecule has 4 heteroatoms. The van der Waals surface area contributed by atoms with E-state index < -0.39 is 5.97 Å². The molecule has 0 unspecified atom stereocenters. The first kappa shape index (κ1) is 11.9. The maximum Gasteiger partial charge on any atom is 0.337 e. The van der Waals surface area contributed by atoms with Gasteiger partial charge < -0.3 is 10.0 Å². The van der Waals surface area contributed by atoms with Crippen LogP contribution in [-0.2, 0) is 0 Å². The fourth-order valence-electron chi connectivity index (χ4n) is 1.46. The predicted molar refractivity (Wildman–Crippen MR) is 62.0 cm³/mol. The fourth-order valence-corrected chi connectivity index (χ4v) is 1.62. The monoisotopic (exact) mass is 227 g/mol. The van der Waals surface area contributed by atoms with Gasteiger partial charge in [0.05, 0.1) is 11.3 Å². The zero-order chi connectivity index (χ0) is 11.4. The van der Waals surface area contributed by atoms with E-state index in [1.165, 1.54) is 6.07 Å². The highest BCUT2D eigenvalue weighted by Gasteiger charge is 2.13. The minimum Gasteiger partial charge on any atom is -0.478 e. The lowest BCUT2D eigenvalue weighted by Gasteiger charge is -2.20. The highest BCUT2D eigenvalue weighted by Crippen LogP contribution is 2.24. The third-order valence-corrected chi connectivity index (χ3v) is 2.40. The van der Waals surface area contributed by atoms with Crippen LogP contribution in [0.25, 0.3) is 0 Å². The smallest absolute Gasteiger partial charge is 0.337 e. The van der Waals surface area contributed by atoms with Crippen LogP contribution in [0.4, 0.5) is 5.69 Å². The summed E-state index contributed by atoms with van der Waals surface area (Å²) in [6.45, 7) is 2.85. The summed E-state index contributed by atoms with van der Waals surface area (Å²) in [5.74, 6) is -0.926. The van der Waals surface area contributed by atoms with Crippen LogP contribution in [0.1, 0.15) is 23.7 Å². The fraction of sp³-hybridized carbons (Fsp3) is 0.364. The molecule has 0 spiro atoms. The second-order valence-corrected chi connectivity index (χ2v) is 3.82. The summed E-state index contributed by atoms with van der Waals surface area (Å²) in [5.41, 5.74) is 0.951. The van der Waals surface area contributed by atoms with Crippen molar-refractivity contribution in [3.05, 3.63) is 28.8 Å². The van der Waals surface area contributed by atoms with Crippen LogP contribution in [0.15, 0.2) is 18.2 Å². The van der Waals surface area contributed by atoms with Crippen LogP contribution >= 0.6 is 11.6 Å². The number of hydrogen-bond donors (Lipinski definition) is 1. The van der Waals surface area contributed by atoms with Gasteiger partial charge in [-0.2, -0.15) is 0 Å². The van der Waals surface area contributed by atoms with E-state index in [0.29, 0.717) is 10.7 Å². The van der Waals surface area contributed by atoms with Crippen molar-refractivity contribution in [2.45, 2.75) is 13.3 Å². The number of nitrogens with zero attached hydrogens (tertiary/aromatic N) is 1. The number of benzene rings is 1. The average molecular weight is 228 g/mol. The molecule has 0 aliphatic heterocycles. The molecular weight excluding hydrogens is 214 g/mol. The number of halogens is 1. The lowest BCUT2D eigenvalue weighted by molar-refractivity contribution is 0.0697. The highest BCUT2D eigenvalue weighted by atomic mass is 35.5. The van der Waals surface area contributed by atoms with Crippen molar-refractivity contribution in [3.8, 4) is 0 Å². The first-order valence-electron chi connectivity index (χ1n) is 4.80. The van der Waals surface area contributed by atoms with E-state index in [4.69, 9.17) is 16.7 Å². The topological polar surface area (TPSA) is 40.5 Å². The molecule has 0 atom stereocenters. The van der Waals surface area contributed by atoms with Crippen LogP contribution in [0.5, 0.6) is 0 Å². The summed E-state index contributed by atoms with van der Waals surface area (Å²) in [5, 5.41) is 9.56. The zero-order valence-electron chi connectivity index (χ0n) is 8.83. The molecule has 0 aliphatic rings. The maximum atomic E-state index is 11.0. The molecule has 0 amide bonds. The molecule has 15 heavy (non-hydrogen) atoms. The Balaban J connectivity index is 3.12. The van der Waals surface area contributed by atoms with E-state index in [2.05, 4.69) is 0 Å². The molecule has 3 nitrogen and oxygen atoms in total. The SMILES string of the molecule is CCCN(C)c1cc(Cl)ccc1C(=O)O. The number of carbonyl (C=O) groups is 1. The number of carboxylic acids is 1. The normalized spacial score (nSPS) is 10.1. The second kappa shape index (κ2) is 5.03. The van der Waals surface area contributed by atoms with Crippen molar-refractivity contribution < 1.29 is 9.90 Å². The summed E-state index contributed by atoms with van der Waals surface area (Å²) in [7, 11) is 1.86. The van der Waals surface area contributed by atoms with Gasteiger partial charge in [-0.1, -0.05) is 18.5 Å². The summed E-state index contributed by atoms with van der Waals surface area (Å²) in [6, 6.07) is 4.81. The van der Waals surface area contributed by atoms with E-state index >= 15 is 0 Å². The number of aromatic carboxylic acids is 1. The Morgan fingerprint density at radius 1 is 1.53 bits per heavy atom. The Morgan fingerprint density at radius 3 is 2.73 bits per heavy atom. The quantitative estimate of drug-likeness (QED) is 0.860. The zero-order valence-corrected chi connectivity index (χ0v) is 9.58. The largest absolute Gasteiger partial charge is 0.478 e. The number of carboxylic acid groups (broad SMARTS) is 1. The van der Waals surface area contributed by atoms with Crippen molar-refractivity contribution in [1.82, 2.24) is 0 Å². The molecule has 0 saturated heterocycles. The first-order valence-corrected chi connectivity index (χ1v) is 5.18. The van der Waals surface area contributed by atoms with Crippen molar-refractivity contribution >= 4 is 23.3 Å². The molecule has 0 bridgehead atoms. The van der Waals surface area contributed by atoms with Crippen LogP contribution in [0.3, 0.4) is 0 Å². The Morgan fingerprint density at radius 2 is 2.20 bits per heavy atom. The molecule has 1 N–H and O–H groups in total. The first-order chi connectivity index (χ1) is 7.06. The Bertz CT molecular complexity index is 366. The number of anilines is 1. The van der Waals surface area contributed by atoms with Gasteiger partial charge in [0.1, 0.15) is 0 Å². The van der Waals surface area contributed by atoms with Gasteiger partial charge in [-0.15, -0.1) is 0 Å². The van der Waals surface area contributed by atoms with Gasteiger partial charge in [0.2, 0.25) is 0 Å². The third-order valence-electron chi connectivity index (χ3n) is 2.16. The predicted octanol–water partition coefficient (Wildman–Crippen LogP) is 2.88. The Hall–Kier alpha value is -1.22. The van der Waals surface area contributed by atoms with E-state index in [1.54, 1.807) is 12.1 Å². The molecule has 0 heterocycles. The molecule has 1 rings (SSSR count). The second-order valence-electron chi connectivity index (χ2n) is 3.39. The highest BCUT2D eigenvalue weighted by molar-refractivity contribution is 6.31. The van der Waals surface area contributed by atoms with Crippen molar-refractivity contribution in [1.29, 1.82) is 0 Å². The Kier molecular flexibility index (Phi) is 3.97. The van der Waals surface area contributed by atoms with E-state index in [-0.39, 0.29) is 5.56 Å². The molecular formula is C11H14ClNO2. The van der Waals surface area contributed by atoms with Gasteiger partial charge in [0.25, 0.3) is 0 Å². The van der Waals surface area contributed by atoms with Gasteiger partial charge in [-0.3, -0.25) is 0 Å².